The average Bonchev–Trinajstić information content (AvgIpc) is 2.33. The number of halogens is 2. The molecular weight excluding hydrogens is 167 g/mol. The molecule has 0 aliphatic heterocycles. The summed E-state index contributed by atoms with van der Waals surface area (Å²) in [5, 5.41) is 9.95. The first-order valence-corrected chi connectivity index (χ1v) is 2.56. The molecule has 0 spiro atoms. The van der Waals surface area contributed by atoms with Crippen LogP contribution >= 0.6 is 0 Å². The molecule has 1 rings (SSSR count). The van der Waals surface area contributed by atoms with Gasteiger partial charge in [0.1, 0.15) is 5.97 Å². The minimum Gasteiger partial charge on any atom is -0.541 e. The molecule has 0 bridgehead atoms. The van der Waals surface area contributed by atoms with Crippen molar-refractivity contribution in [2.75, 3.05) is 0 Å². The Balaban J connectivity index is 0.00000121. The quantitative estimate of drug-likeness (QED) is 0.442. The van der Waals surface area contributed by atoms with E-state index in [4.69, 9.17) is 0 Å². The van der Waals surface area contributed by atoms with Crippen molar-refractivity contribution in [3.63, 3.8) is 0 Å². The molecule has 0 unspecified atom stereocenters. The van der Waals surface area contributed by atoms with E-state index in [9.17, 15) is 18.7 Å². The van der Waals surface area contributed by atoms with Crippen molar-refractivity contribution >= 4 is 5.97 Å². The molecule has 0 fully saturated rings. The van der Waals surface area contributed by atoms with E-state index in [-0.39, 0.29) is 18.9 Å². The van der Waals surface area contributed by atoms with E-state index >= 15 is 0 Å². The number of aromatic carboxylic acids is 1. The first-order chi connectivity index (χ1) is 5.11. The maximum Gasteiger partial charge on any atom is 1.00 e. The molecule has 60 valence electrons. The fraction of sp³-hybridized carbons (Fsp3) is 0.200. The van der Waals surface area contributed by atoms with Gasteiger partial charge in [0.25, 0.3) is 5.89 Å². The number of rotatable bonds is 2. The molecule has 0 aliphatic rings. The van der Waals surface area contributed by atoms with Crippen LogP contribution in [0.1, 0.15) is 22.9 Å². The second-order valence-electron chi connectivity index (χ2n) is 1.65. The molecule has 1 aromatic heterocycles. The number of aromatic nitrogens is 1. The van der Waals surface area contributed by atoms with Gasteiger partial charge in [0.05, 0.1) is 6.20 Å². The summed E-state index contributed by atoms with van der Waals surface area (Å²) in [6.07, 6.45) is -2.22. The third kappa shape index (κ3) is 2.32. The van der Waals surface area contributed by atoms with Gasteiger partial charge in [0.15, 0.2) is 5.76 Å². The molecule has 0 radical (unpaired) electrons. The van der Waals surface area contributed by atoms with E-state index in [1.54, 1.807) is 0 Å². The number of carboxylic acids is 1. The second-order valence-corrected chi connectivity index (χ2v) is 1.65. The van der Waals surface area contributed by atoms with Gasteiger partial charge in [0.2, 0.25) is 0 Å². The molecule has 0 aliphatic carbocycles. The van der Waals surface area contributed by atoms with E-state index in [1.165, 1.54) is 0 Å². The van der Waals surface area contributed by atoms with Gasteiger partial charge in [-0.3, -0.25) is 0 Å². The summed E-state index contributed by atoms with van der Waals surface area (Å²) in [6.45, 7) is 0. The molecule has 7 heteroatoms. The smallest absolute Gasteiger partial charge is 0.541 e. The predicted octanol–water partition coefficient (Wildman–Crippen LogP) is -3.02. The van der Waals surface area contributed by atoms with Gasteiger partial charge in [-0.15, -0.1) is 0 Å². The van der Waals surface area contributed by atoms with Crippen LogP contribution in [0.4, 0.5) is 8.78 Å². The standard InChI is InChI=1S/C5H3F2NO3.Li/c6-3(7)4-8-1-2(11-4)5(9)10;/h1,3H,(H,9,10);/q;+1/p-1. The molecule has 4 nitrogen and oxygen atoms in total. The van der Waals surface area contributed by atoms with Crippen molar-refractivity contribution in [2.45, 2.75) is 6.43 Å². The van der Waals surface area contributed by atoms with E-state index < -0.39 is 24.0 Å². The Hall–Kier alpha value is -0.863. The van der Waals surface area contributed by atoms with Crippen LogP contribution in [0.15, 0.2) is 10.6 Å². The van der Waals surface area contributed by atoms with Gasteiger partial charge in [-0.1, -0.05) is 0 Å². The Morgan fingerprint density at radius 2 is 2.25 bits per heavy atom. The monoisotopic (exact) mass is 169 g/mol. The van der Waals surface area contributed by atoms with Crippen LogP contribution in [-0.2, 0) is 0 Å². The van der Waals surface area contributed by atoms with Crippen molar-refractivity contribution in [2.24, 2.45) is 0 Å². The Bertz CT molecular complexity index is 275. The van der Waals surface area contributed by atoms with Crippen molar-refractivity contribution in [1.82, 2.24) is 4.98 Å². The van der Waals surface area contributed by atoms with Gasteiger partial charge in [-0.2, -0.15) is 8.78 Å². The van der Waals surface area contributed by atoms with Crippen LogP contribution in [0.5, 0.6) is 0 Å². The van der Waals surface area contributed by atoms with Gasteiger partial charge in [-0.25, -0.2) is 4.98 Å². The Labute approximate surface area is 77.8 Å². The summed E-state index contributed by atoms with van der Waals surface area (Å²) in [5.41, 5.74) is 0. The second kappa shape index (κ2) is 4.23. The van der Waals surface area contributed by atoms with Crippen molar-refractivity contribution in [3.8, 4) is 0 Å². The third-order valence-electron chi connectivity index (χ3n) is 0.911. The predicted molar refractivity (Wildman–Crippen MR) is 25.8 cm³/mol. The van der Waals surface area contributed by atoms with Crippen LogP contribution < -0.4 is 24.0 Å². The number of hydrogen-bond acceptors (Lipinski definition) is 4. The minimum absolute atomic E-state index is 0. The number of carboxylic acid groups (broad SMARTS) is 1. The zero-order chi connectivity index (χ0) is 8.43. The van der Waals surface area contributed by atoms with Gasteiger partial charge in [0, 0.05) is 0 Å². The topological polar surface area (TPSA) is 66.2 Å². The molecule has 1 aromatic rings. The molecule has 12 heavy (non-hydrogen) atoms. The molecule has 0 amide bonds. The fourth-order valence-corrected chi connectivity index (χ4v) is 0.483. The molecule has 0 atom stereocenters. The Morgan fingerprint density at radius 1 is 1.67 bits per heavy atom. The van der Waals surface area contributed by atoms with Gasteiger partial charge in [-0.05, 0) is 0 Å². The summed E-state index contributed by atoms with van der Waals surface area (Å²) in [6, 6.07) is 0. The molecular formula is C5H2F2LiNO3. The number of oxazole rings is 1. The van der Waals surface area contributed by atoms with E-state index in [0.29, 0.717) is 6.20 Å². The van der Waals surface area contributed by atoms with E-state index in [1.807, 2.05) is 0 Å². The molecule has 1 heterocycles. The van der Waals surface area contributed by atoms with Gasteiger partial charge < -0.3 is 14.3 Å². The number of alkyl halides is 2. The van der Waals surface area contributed by atoms with Crippen LogP contribution in [0, 0.1) is 0 Å². The SMILES string of the molecule is O=C([O-])c1cnc(C(F)F)o1.[Li+]. The summed E-state index contributed by atoms with van der Waals surface area (Å²) < 4.78 is 27.4. The van der Waals surface area contributed by atoms with Gasteiger partial charge >= 0.3 is 25.3 Å². The van der Waals surface area contributed by atoms with Crippen LogP contribution in [-0.4, -0.2) is 11.0 Å². The maximum absolute atomic E-state index is 11.7. The molecule has 0 N–H and O–H groups in total. The summed E-state index contributed by atoms with van der Waals surface area (Å²) in [7, 11) is 0. The number of carbonyl (C=O) groups excluding carboxylic acids is 1. The summed E-state index contributed by atoms with van der Waals surface area (Å²) in [4.78, 5) is 12.9. The minimum atomic E-state index is -2.90. The number of nitrogens with zero attached hydrogens (tertiary/aromatic N) is 1. The first kappa shape index (κ1) is 11.1. The number of hydrogen-bond donors (Lipinski definition) is 0. The van der Waals surface area contributed by atoms with Crippen molar-refractivity contribution < 1.29 is 42.0 Å². The Kier molecular flexibility index (Phi) is 3.93. The largest absolute Gasteiger partial charge is 1.00 e. The molecule has 0 saturated heterocycles. The zero-order valence-corrected chi connectivity index (χ0v) is 6.08. The van der Waals surface area contributed by atoms with Crippen LogP contribution in [0.25, 0.3) is 0 Å². The first-order valence-electron chi connectivity index (χ1n) is 2.56. The Morgan fingerprint density at radius 3 is 2.50 bits per heavy atom. The van der Waals surface area contributed by atoms with E-state index in [2.05, 4.69) is 9.40 Å². The summed E-state index contributed by atoms with van der Waals surface area (Å²) in [5.74, 6) is -3.27. The number of carbonyl (C=O) groups is 1. The van der Waals surface area contributed by atoms with E-state index in [0.717, 1.165) is 0 Å². The normalized spacial score (nSPS) is 9.58. The summed E-state index contributed by atoms with van der Waals surface area (Å²) >= 11 is 0. The van der Waals surface area contributed by atoms with Crippen LogP contribution in [0.3, 0.4) is 0 Å². The van der Waals surface area contributed by atoms with Crippen molar-refractivity contribution in [3.05, 3.63) is 17.8 Å². The van der Waals surface area contributed by atoms with Crippen LogP contribution in [0.2, 0.25) is 0 Å². The van der Waals surface area contributed by atoms with Crippen molar-refractivity contribution in [1.29, 1.82) is 0 Å². The fourth-order valence-electron chi connectivity index (χ4n) is 0.483. The maximum atomic E-state index is 11.7. The third-order valence-corrected chi connectivity index (χ3v) is 0.911. The average molecular weight is 169 g/mol. The molecule has 0 aromatic carbocycles. The molecule has 0 saturated carbocycles. The zero-order valence-electron chi connectivity index (χ0n) is 6.08.